The number of aromatic nitrogens is 1. The Kier molecular flexibility index (Phi) is 7.06. The quantitative estimate of drug-likeness (QED) is 0.368. The van der Waals surface area contributed by atoms with Crippen LogP contribution in [0.5, 0.6) is 0 Å². The monoisotopic (exact) mass is 481 g/mol. The van der Waals surface area contributed by atoms with Crippen LogP contribution in [0.1, 0.15) is 58.5 Å². The molecule has 0 unspecified atom stereocenters. The van der Waals surface area contributed by atoms with E-state index in [4.69, 9.17) is 0 Å². The van der Waals surface area contributed by atoms with Crippen LogP contribution in [0.2, 0.25) is 0 Å². The number of aryl methyl sites for hydroxylation is 2. The second kappa shape index (κ2) is 10.2. The number of hydrogen-bond acceptors (Lipinski definition) is 3. The molecule has 0 atom stereocenters. The molecule has 1 aromatic heterocycles. The predicted octanol–water partition coefficient (Wildman–Crippen LogP) is 5.98. The summed E-state index contributed by atoms with van der Waals surface area (Å²) < 4.78 is 1.72. The Morgan fingerprint density at radius 1 is 0.972 bits per heavy atom. The maximum Gasteiger partial charge on any atom is 0.258 e. The van der Waals surface area contributed by atoms with Crippen LogP contribution < -0.4 is 15.8 Å². The van der Waals surface area contributed by atoms with Crippen LogP contribution in [-0.4, -0.2) is 23.4 Å². The van der Waals surface area contributed by atoms with E-state index in [2.05, 4.69) is 5.32 Å². The Hall–Kier alpha value is -4.19. The van der Waals surface area contributed by atoms with Gasteiger partial charge in [-0.25, -0.2) is 0 Å². The zero-order valence-electron chi connectivity index (χ0n) is 21.3. The summed E-state index contributed by atoms with van der Waals surface area (Å²) in [5.41, 5.74) is 4.87. The number of anilines is 2. The van der Waals surface area contributed by atoms with Crippen LogP contribution in [0.25, 0.3) is 10.9 Å². The lowest BCUT2D eigenvalue weighted by Crippen LogP contribution is -2.27. The van der Waals surface area contributed by atoms with Gasteiger partial charge in [0, 0.05) is 47.5 Å². The molecule has 0 saturated carbocycles. The van der Waals surface area contributed by atoms with Crippen LogP contribution in [0.4, 0.5) is 11.4 Å². The first-order valence-corrected chi connectivity index (χ1v) is 12.1. The van der Waals surface area contributed by atoms with Crippen molar-refractivity contribution in [3.05, 3.63) is 105 Å². The van der Waals surface area contributed by atoms with E-state index in [-0.39, 0.29) is 23.3 Å². The van der Waals surface area contributed by atoms with Gasteiger partial charge in [0.25, 0.3) is 17.4 Å². The molecule has 0 fully saturated rings. The van der Waals surface area contributed by atoms with Gasteiger partial charge < -0.3 is 14.8 Å². The zero-order valence-corrected chi connectivity index (χ0v) is 21.3. The summed E-state index contributed by atoms with van der Waals surface area (Å²) in [6, 6.07) is 21.8. The number of hydrogen-bond donors (Lipinski definition) is 1. The van der Waals surface area contributed by atoms with Crippen LogP contribution in [0, 0.1) is 6.92 Å². The zero-order chi connectivity index (χ0) is 26.0. The molecule has 0 aliphatic carbocycles. The van der Waals surface area contributed by atoms with Gasteiger partial charge in [-0.2, -0.15) is 0 Å². The average Bonchev–Trinajstić information content (AvgIpc) is 2.87. The van der Waals surface area contributed by atoms with Crippen LogP contribution in [-0.2, 0) is 6.54 Å². The molecule has 1 N–H and O–H groups in total. The molecule has 4 aromatic rings. The van der Waals surface area contributed by atoms with Crippen LogP contribution in [0.3, 0.4) is 0 Å². The molecule has 3 aromatic carbocycles. The van der Waals surface area contributed by atoms with Crippen molar-refractivity contribution in [2.24, 2.45) is 0 Å². The fraction of sp³-hybridized carbons (Fsp3) is 0.233. The van der Waals surface area contributed by atoms with Crippen molar-refractivity contribution in [1.29, 1.82) is 0 Å². The molecule has 4 rings (SSSR count). The molecule has 0 aliphatic heterocycles. The number of amides is 2. The van der Waals surface area contributed by atoms with Crippen molar-refractivity contribution in [3.63, 3.8) is 0 Å². The molecule has 6 heteroatoms. The second-order valence-corrected chi connectivity index (χ2v) is 9.25. The van der Waals surface area contributed by atoms with Gasteiger partial charge in [0.15, 0.2) is 0 Å². The Labute approximate surface area is 211 Å². The number of nitrogens with zero attached hydrogens (tertiary/aromatic N) is 2. The van der Waals surface area contributed by atoms with Gasteiger partial charge in [-0.15, -0.1) is 0 Å². The van der Waals surface area contributed by atoms with Crippen molar-refractivity contribution >= 4 is 34.1 Å². The summed E-state index contributed by atoms with van der Waals surface area (Å²) >= 11 is 0. The third-order valence-electron chi connectivity index (χ3n) is 6.52. The highest BCUT2D eigenvalue weighted by Crippen LogP contribution is 2.27. The number of para-hydroxylation sites is 1. The van der Waals surface area contributed by atoms with E-state index in [0.29, 0.717) is 29.0 Å². The fourth-order valence-electron chi connectivity index (χ4n) is 4.44. The average molecular weight is 482 g/mol. The molecule has 184 valence electrons. The predicted molar refractivity (Wildman–Crippen MR) is 146 cm³/mol. The number of benzene rings is 3. The highest BCUT2D eigenvalue weighted by molar-refractivity contribution is 6.10. The van der Waals surface area contributed by atoms with Crippen molar-refractivity contribution < 1.29 is 9.59 Å². The largest absolute Gasteiger partial charge is 0.322 e. The van der Waals surface area contributed by atoms with Gasteiger partial charge in [0.05, 0.1) is 5.52 Å². The van der Waals surface area contributed by atoms with E-state index in [0.717, 1.165) is 22.0 Å². The van der Waals surface area contributed by atoms with Crippen LogP contribution >= 0.6 is 0 Å². The summed E-state index contributed by atoms with van der Waals surface area (Å²) in [5.74, 6) is -0.289. The van der Waals surface area contributed by atoms with Crippen molar-refractivity contribution in [2.45, 2.75) is 40.2 Å². The standard InChI is InChI=1S/C30H31N3O3/c1-6-33-27-15-13-21(16-26(27)24(19(2)3)18-28(33)34)30(36)32(5)23-14-12-20(4)25(17-23)29(35)31-22-10-8-7-9-11-22/h7-19H,6H2,1-5H3,(H,31,35). The van der Waals surface area contributed by atoms with Crippen molar-refractivity contribution in [3.8, 4) is 0 Å². The van der Waals surface area contributed by atoms with Crippen molar-refractivity contribution in [2.75, 3.05) is 17.3 Å². The normalized spacial score (nSPS) is 11.1. The van der Waals surface area contributed by atoms with E-state index in [1.165, 1.54) is 0 Å². The maximum atomic E-state index is 13.5. The van der Waals surface area contributed by atoms with Gasteiger partial charge >= 0.3 is 0 Å². The van der Waals surface area contributed by atoms with Crippen molar-refractivity contribution in [1.82, 2.24) is 4.57 Å². The highest BCUT2D eigenvalue weighted by Gasteiger charge is 2.19. The third kappa shape index (κ3) is 4.80. The third-order valence-corrected chi connectivity index (χ3v) is 6.52. The lowest BCUT2D eigenvalue weighted by Gasteiger charge is -2.20. The van der Waals surface area contributed by atoms with Gasteiger partial charge in [-0.3, -0.25) is 14.4 Å². The molecule has 0 aliphatic rings. The van der Waals surface area contributed by atoms with Crippen LogP contribution in [0.15, 0.2) is 77.6 Å². The molecule has 6 nitrogen and oxygen atoms in total. The summed E-state index contributed by atoms with van der Waals surface area (Å²) in [4.78, 5) is 40.6. The lowest BCUT2D eigenvalue weighted by atomic mass is 9.97. The van der Waals surface area contributed by atoms with Gasteiger partial charge in [-0.1, -0.05) is 38.1 Å². The minimum absolute atomic E-state index is 0.0362. The number of pyridine rings is 1. The summed E-state index contributed by atoms with van der Waals surface area (Å²) in [7, 11) is 1.70. The Morgan fingerprint density at radius 3 is 2.36 bits per heavy atom. The Bertz CT molecular complexity index is 1500. The minimum Gasteiger partial charge on any atom is -0.322 e. The Balaban J connectivity index is 1.69. The van der Waals surface area contributed by atoms with E-state index < -0.39 is 0 Å². The Morgan fingerprint density at radius 2 is 1.69 bits per heavy atom. The first-order chi connectivity index (χ1) is 17.2. The molecule has 0 spiro atoms. The number of carbonyl (C=O) groups excluding carboxylic acids is 2. The molecule has 36 heavy (non-hydrogen) atoms. The summed E-state index contributed by atoms with van der Waals surface area (Å²) in [6.07, 6.45) is 0. The smallest absolute Gasteiger partial charge is 0.258 e. The summed E-state index contributed by atoms with van der Waals surface area (Å²) in [5, 5.41) is 3.81. The molecule has 0 saturated heterocycles. The van der Waals surface area contributed by atoms with Gasteiger partial charge in [-0.05, 0) is 73.4 Å². The number of rotatable bonds is 6. The van der Waals surface area contributed by atoms with E-state index in [1.54, 1.807) is 34.7 Å². The molecular formula is C30H31N3O3. The topological polar surface area (TPSA) is 71.4 Å². The molecule has 2 amide bonds. The first-order valence-electron chi connectivity index (χ1n) is 12.1. The molecule has 0 bridgehead atoms. The van der Waals surface area contributed by atoms with E-state index >= 15 is 0 Å². The second-order valence-electron chi connectivity index (χ2n) is 9.25. The SMILES string of the molecule is CCn1c(=O)cc(C(C)C)c2cc(C(=O)N(C)c3ccc(C)c(C(=O)Nc4ccccc4)c3)ccc21. The highest BCUT2D eigenvalue weighted by atomic mass is 16.2. The van der Waals surface area contributed by atoms with Gasteiger partial charge in [0.2, 0.25) is 0 Å². The molecule has 1 heterocycles. The fourth-order valence-corrected chi connectivity index (χ4v) is 4.44. The number of nitrogens with one attached hydrogen (secondary N) is 1. The van der Waals surface area contributed by atoms with Gasteiger partial charge in [0.1, 0.15) is 0 Å². The van der Waals surface area contributed by atoms with E-state index in [1.807, 2.05) is 82.3 Å². The van der Waals surface area contributed by atoms with E-state index in [9.17, 15) is 14.4 Å². The number of carbonyl (C=O) groups is 2. The maximum absolute atomic E-state index is 13.5. The minimum atomic E-state index is -0.230. The first kappa shape index (κ1) is 24.9. The molecular weight excluding hydrogens is 450 g/mol. The number of fused-ring (bicyclic) bond motifs is 1. The summed E-state index contributed by atoms with van der Waals surface area (Å²) in [6.45, 7) is 8.44. The molecule has 0 radical (unpaired) electrons. The lowest BCUT2D eigenvalue weighted by molar-refractivity contribution is 0.0989.